The number of hydrogen-bond donors (Lipinski definition) is 0. The van der Waals surface area contributed by atoms with E-state index in [2.05, 4.69) is 27.8 Å². The highest BCUT2D eigenvalue weighted by Crippen LogP contribution is 2.21. The van der Waals surface area contributed by atoms with E-state index < -0.39 is 11.6 Å². The maximum Gasteiger partial charge on any atom is 0.256 e. The lowest BCUT2D eigenvalue weighted by Crippen LogP contribution is -2.48. The summed E-state index contributed by atoms with van der Waals surface area (Å²) in [6, 6.07) is 1.94. The van der Waals surface area contributed by atoms with Crippen molar-refractivity contribution in [2.45, 2.75) is 6.92 Å². The molecule has 1 aliphatic rings. The minimum atomic E-state index is -0.816. The van der Waals surface area contributed by atoms with E-state index in [-0.39, 0.29) is 15.9 Å². The van der Waals surface area contributed by atoms with Gasteiger partial charge in [-0.05, 0) is 28.5 Å². The van der Waals surface area contributed by atoms with Gasteiger partial charge in [-0.15, -0.1) is 0 Å². The number of hydrogen-bond acceptors (Lipinski definition) is 2. The summed E-state index contributed by atoms with van der Waals surface area (Å²) in [5, 5.41) is 0. The molecule has 1 amide bonds. The quantitative estimate of drug-likeness (QED) is 0.777. The number of benzene rings is 1. The molecule has 0 saturated carbocycles. The fourth-order valence-corrected chi connectivity index (χ4v) is 2.47. The molecule has 0 aromatic heterocycles. The van der Waals surface area contributed by atoms with Crippen LogP contribution in [0.25, 0.3) is 0 Å². The van der Waals surface area contributed by atoms with Crippen LogP contribution in [0.1, 0.15) is 17.3 Å². The zero-order chi connectivity index (χ0) is 14.0. The Morgan fingerprint density at radius 2 is 1.84 bits per heavy atom. The molecule has 1 fully saturated rings. The summed E-state index contributed by atoms with van der Waals surface area (Å²) in [7, 11) is 0. The van der Waals surface area contributed by atoms with Crippen LogP contribution in [-0.4, -0.2) is 48.4 Å². The summed E-state index contributed by atoms with van der Waals surface area (Å²) >= 11 is 2.97. The molecule has 0 unspecified atom stereocenters. The second-order valence-corrected chi connectivity index (χ2v) is 5.33. The van der Waals surface area contributed by atoms with Gasteiger partial charge in [0.2, 0.25) is 0 Å². The third-order valence-corrected chi connectivity index (χ3v) is 3.95. The standard InChI is InChI=1S/C13H15BrF2N2O/c1-2-17-3-5-18(6-4-17)13(19)9-7-10(14)12(16)8-11(9)15/h7-8H,2-6H2,1H3. The van der Waals surface area contributed by atoms with Crippen LogP contribution in [0.4, 0.5) is 8.78 Å². The van der Waals surface area contributed by atoms with E-state index in [9.17, 15) is 13.6 Å². The third-order valence-electron chi connectivity index (χ3n) is 3.35. The van der Waals surface area contributed by atoms with Crippen LogP contribution in [-0.2, 0) is 0 Å². The van der Waals surface area contributed by atoms with Crippen LogP contribution >= 0.6 is 15.9 Å². The number of rotatable bonds is 2. The molecule has 1 aromatic carbocycles. The average Bonchev–Trinajstić information content (AvgIpc) is 2.42. The van der Waals surface area contributed by atoms with Crippen molar-refractivity contribution < 1.29 is 13.6 Å². The molecule has 0 spiro atoms. The molecule has 19 heavy (non-hydrogen) atoms. The maximum atomic E-state index is 13.7. The van der Waals surface area contributed by atoms with E-state index in [1.165, 1.54) is 6.07 Å². The van der Waals surface area contributed by atoms with E-state index in [0.717, 1.165) is 25.7 Å². The van der Waals surface area contributed by atoms with Crippen LogP contribution in [0.3, 0.4) is 0 Å². The predicted octanol–water partition coefficient (Wildman–Crippen LogP) is 2.51. The number of carbonyl (C=O) groups excluding carboxylic acids is 1. The van der Waals surface area contributed by atoms with Crippen molar-refractivity contribution in [3.8, 4) is 0 Å². The summed E-state index contributed by atoms with van der Waals surface area (Å²) in [6.07, 6.45) is 0. The van der Waals surface area contributed by atoms with Crippen molar-refractivity contribution in [1.82, 2.24) is 9.80 Å². The summed E-state index contributed by atoms with van der Waals surface area (Å²) in [5.41, 5.74) is -0.0850. The molecule has 6 heteroatoms. The van der Waals surface area contributed by atoms with Crippen LogP contribution in [0.2, 0.25) is 0 Å². The Morgan fingerprint density at radius 3 is 2.42 bits per heavy atom. The Bertz CT molecular complexity index is 488. The first-order valence-electron chi connectivity index (χ1n) is 6.19. The van der Waals surface area contributed by atoms with Gasteiger partial charge in [0, 0.05) is 32.2 Å². The zero-order valence-corrected chi connectivity index (χ0v) is 12.2. The Balaban J connectivity index is 2.14. The number of likely N-dealkylation sites (N-methyl/N-ethyl adjacent to an activating group) is 1. The van der Waals surface area contributed by atoms with E-state index in [0.29, 0.717) is 13.1 Å². The summed E-state index contributed by atoms with van der Waals surface area (Å²) in [4.78, 5) is 16.0. The van der Waals surface area contributed by atoms with Crippen LogP contribution in [0.5, 0.6) is 0 Å². The maximum absolute atomic E-state index is 13.7. The Hall–Kier alpha value is -1.01. The molecule has 1 heterocycles. The predicted molar refractivity (Wildman–Crippen MR) is 72.1 cm³/mol. The van der Waals surface area contributed by atoms with Gasteiger partial charge >= 0.3 is 0 Å². The lowest BCUT2D eigenvalue weighted by molar-refractivity contribution is 0.0638. The van der Waals surface area contributed by atoms with Gasteiger partial charge in [0.05, 0.1) is 10.0 Å². The molecular weight excluding hydrogens is 318 g/mol. The monoisotopic (exact) mass is 332 g/mol. The van der Waals surface area contributed by atoms with Gasteiger partial charge in [-0.2, -0.15) is 0 Å². The van der Waals surface area contributed by atoms with E-state index in [1.54, 1.807) is 4.90 Å². The van der Waals surface area contributed by atoms with Gasteiger partial charge in [0.25, 0.3) is 5.91 Å². The highest BCUT2D eigenvalue weighted by atomic mass is 79.9. The highest BCUT2D eigenvalue weighted by Gasteiger charge is 2.24. The van der Waals surface area contributed by atoms with Crippen molar-refractivity contribution in [1.29, 1.82) is 0 Å². The topological polar surface area (TPSA) is 23.6 Å². The van der Waals surface area contributed by atoms with Crippen LogP contribution in [0.15, 0.2) is 16.6 Å². The fourth-order valence-electron chi connectivity index (χ4n) is 2.12. The largest absolute Gasteiger partial charge is 0.336 e. The molecule has 2 rings (SSSR count). The van der Waals surface area contributed by atoms with E-state index in [4.69, 9.17) is 0 Å². The minimum Gasteiger partial charge on any atom is -0.336 e. The van der Waals surface area contributed by atoms with Crippen LogP contribution < -0.4 is 0 Å². The first-order valence-corrected chi connectivity index (χ1v) is 6.98. The summed E-state index contributed by atoms with van der Waals surface area (Å²) in [6.45, 7) is 5.72. The number of halogens is 3. The van der Waals surface area contributed by atoms with Crippen molar-refractivity contribution >= 4 is 21.8 Å². The Morgan fingerprint density at radius 1 is 1.21 bits per heavy atom. The molecule has 1 saturated heterocycles. The third kappa shape index (κ3) is 3.12. The first-order chi connectivity index (χ1) is 9.02. The van der Waals surface area contributed by atoms with Gasteiger partial charge in [-0.3, -0.25) is 4.79 Å². The number of amides is 1. The molecule has 0 N–H and O–H groups in total. The second-order valence-electron chi connectivity index (χ2n) is 4.47. The summed E-state index contributed by atoms with van der Waals surface area (Å²) < 4.78 is 26.9. The molecule has 3 nitrogen and oxygen atoms in total. The van der Waals surface area contributed by atoms with Crippen molar-refractivity contribution in [3.05, 3.63) is 33.8 Å². The molecule has 104 valence electrons. The molecule has 1 aromatic rings. The second kappa shape index (κ2) is 5.96. The molecular formula is C13H15BrF2N2O. The SMILES string of the molecule is CCN1CCN(C(=O)c2cc(Br)c(F)cc2F)CC1. The van der Waals surface area contributed by atoms with Gasteiger partial charge in [-0.1, -0.05) is 6.92 Å². The number of carbonyl (C=O) groups is 1. The van der Waals surface area contributed by atoms with Crippen molar-refractivity contribution in [2.75, 3.05) is 32.7 Å². The normalized spacial score (nSPS) is 16.7. The van der Waals surface area contributed by atoms with Crippen LogP contribution in [0, 0.1) is 11.6 Å². The minimum absolute atomic E-state index is 0.0850. The summed E-state index contributed by atoms with van der Waals surface area (Å²) in [5.74, 6) is -1.90. The Labute approximate surface area is 119 Å². The number of piperazine rings is 1. The van der Waals surface area contributed by atoms with E-state index in [1.807, 2.05) is 0 Å². The van der Waals surface area contributed by atoms with Crippen molar-refractivity contribution in [3.63, 3.8) is 0 Å². The van der Waals surface area contributed by atoms with Gasteiger partial charge in [-0.25, -0.2) is 8.78 Å². The zero-order valence-electron chi connectivity index (χ0n) is 10.6. The molecule has 0 atom stereocenters. The molecule has 0 radical (unpaired) electrons. The fraction of sp³-hybridized carbons (Fsp3) is 0.462. The molecule has 0 aliphatic carbocycles. The number of nitrogens with zero attached hydrogens (tertiary/aromatic N) is 2. The lowest BCUT2D eigenvalue weighted by atomic mass is 10.1. The highest BCUT2D eigenvalue weighted by molar-refractivity contribution is 9.10. The van der Waals surface area contributed by atoms with Gasteiger partial charge < -0.3 is 9.80 Å². The first kappa shape index (κ1) is 14.4. The molecule has 1 aliphatic heterocycles. The van der Waals surface area contributed by atoms with Gasteiger partial charge in [0.1, 0.15) is 11.6 Å². The van der Waals surface area contributed by atoms with Gasteiger partial charge in [0.15, 0.2) is 0 Å². The average molecular weight is 333 g/mol. The Kier molecular flexibility index (Phi) is 4.52. The van der Waals surface area contributed by atoms with Crippen molar-refractivity contribution in [2.24, 2.45) is 0 Å². The van der Waals surface area contributed by atoms with E-state index >= 15 is 0 Å². The lowest BCUT2D eigenvalue weighted by Gasteiger charge is -2.34. The smallest absolute Gasteiger partial charge is 0.256 e. The molecule has 0 bridgehead atoms.